The van der Waals surface area contributed by atoms with Gasteiger partial charge in [0.05, 0.1) is 33.0 Å². The van der Waals surface area contributed by atoms with Gasteiger partial charge in [-0.25, -0.2) is 0 Å². The average Bonchev–Trinajstić information content (AvgIpc) is 2.30. The van der Waals surface area contributed by atoms with Crippen molar-refractivity contribution >= 4 is 5.84 Å². The van der Waals surface area contributed by atoms with Crippen LogP contribution in [-0.2, 0) is 14.2 Å². The van der Waals surface area contributed by atoms with Crippen LogP contribution in [0.25, 0.3) is 0 Å². The molecule has 5 heteroatoms. The largest absolute Gasteiger partial charge is 0.378 e. The molecule has 1 unspecified atom stereocenters. The smallest absolute Gasteiger partial charge is 0.138 e. The summed E-state index contributed by atoms with van der Waals surface area (Å²) >= 11 is 0. The third-order valence-electron chi connectivity index (χ3n) is 2.47. The van der Waals surface area contributed by atoms with Gasteiger partial charge in [0.1, 0.15) is 11.9 Å². The number of hydrogen-bond donors (Lipinski definition) is 1. The van der Waals surface area contributed by atoms with Crippen molar-refractivity contribution in [1.29, 1.82) is 5.41 Å². The molecular formula is C9H16N2O3. The summed E-state index contributed by atoms with van der Waals surface area (Å²) < 4.78 is 16.0. The lowest BCUT2D eigenvalue weighted by Gasteiger charge is -2.34. The van der Waals surface area contributed by atoms with Gasteiger partial charge in [0.25, 0.3) is 0 Å². The number of nitrogens with zero attached hydrogens (tertiary/aromatic N) is 1. The van der Waals surface area contributed by atoms with Crippen LogP contribution in [0.5, 0.6) is 0 Å². The Kier molecular flexibility index (Phi) is 3.34. The molecule has 0 aromatic rings. The van der Waals surface area contributed by atoms with Crippen LogP contribution in [0, 0.1) is 5.41 Å². The van der Waals surface area contributed by atoms with Crippen LogP contribution in [0.2, 0.25) is 0 Å². The predicted molar refractivity (Wildman–Crippen MR) is 50.7 cm³/mol. The van der Waals surface area contributed by atoms with E-state index in [-0.39, 0.29) is 6.10 Å². The van der Waals surface area contributed by atoms with Gasteiger partial charge in [-0.1, -0.05) is 0 Å². The Labute approximate surface area is 83.4 Å². The van der Waals surface area contributed by atoms with Crippen LogP contribution in [-0.4, -0.2) is 63.0 Å². The molecule has 2 fully saturated rings. The minimum atomic E-state index is -0.179. The van der Waals surface area contributed by atoms with Crippen LogP contribution in [0.3, 0.4) is 0 Å². The highest BCUT2D eigenvalue weighted by atomic mass is 16.6. The Morgan fingerprint density at radius 1 is 1.07 bits per heavy atom. The molecule has 0 amide bonds. The Morgan fingerprint density at radius 2 is 1.86 bits per heavy atom. The number of amidine groups is 1. The highest BCUT2D eigenvalue weighted by Crippen LogP contribution is 2.07. The van der Waals surface area contributed by atoms with E-state index >= 15 is 0 Å². The van der Waals surface area contributed by atoms with E-state index in [1.54, 1.807) is 0 Å². The van der Waals surface area contributed by atoms with Crippen molar-refractivity contribution in [3.63, 3.8) is 0 Å². The molecule has 80 valence electrons. The summed E-state index contributed by atoms with van der Waals surface area (Å²) in [5, 5.41) is 7.94. The lowest BCUT2D eigenvalue weighted by atomic mass is 10.2. The topological polar surface area (TPSA) is 54.8 Å². The zero-order chi connectivity index (χ0) is 9.80. The molecule has 2 saturated heterocycles. The maximum absolute atomic E-state index is 7.94. The molecule has 0 bridgehead atoms. The number of ether oxygens (including phenoxy) is 3. The fourth-order valence-electron chi connectivity index (χ4n) is 1.65. The SMILES string of the molecule is N=C(C1COCCO1)N1CCOCC1. The van der Waals surface area contributed by atoms with E-state index in [9.17, 15) is 0 Å². The van der Waals surface area contributed by atoms with Gasteiger partial charge in [-0.05, 0) is 0 Å². The quantitative estimate of drug-likeness (QED) is 0.467. The third-order valence-corrected chi connectivity index (χ3v) is 2.47. The first kappa shape index (κ1) is 9.89. The fraction of sp³-hybridized carbons (Fsp3) is 0.889. The molecule has 14 heavy (non-hydrogen) atoms. The monoisotopic (exact) mass is 200 g/mol. The van der Waals surface area contributed by atoms with Gasteiger partial charge in [-0.15, -0.1) is 0 Å². The summed E-state index contributed by atoms with van der Waals surface area (Å²) in [5.74, 6) is 0.535. The van der Waals surface area contributed by atoms with Crippen LogP contribution in [0.15, 0.2) is 0 Å². The molecule has 0 aromatic heterocycles. The molecular weight excluding hydrogens is 184 g/mol. The second kappa shape index (κ2) is 4.72. The molecule has 0 aromatic carbocycles. The Balaban J connectivity index is 1.85. The molecule has 2 aliphatic heterocycles. The first-order valence-electron chi connectivity index (χ1n) is 4.98. The summed E-state index contributed by atoms with van der Waals surface area (Å²) in [5.41, 5.74) is 0. The Hall–Kier alpha value is -0.650. The lowest BCUT2D eigenvalue weighted by molar-refractivity contribution is -0.0656. The molecule has 0 radical (unpaired) electrons. The number of nitrogens with one attached hydrogen (secondary N) is 1. The van der Waals surface area contributed by atoms with Crippen molar-refractivity contribution < 1.29 is 14.2 Å². The van der Waals surface area contributed by atoms with E-state index in [1.807, 2.05) is 4.90 Å². The van der Waals surface area contributed by atoms with Gasteiger partial charge in [-0.2, -0.15) is 0 Å². The molecule has 1 atom stereocenters. The van der Waals surface area contributed by atoms with Crippen LogP contribution < -0.4 is 0 Å². The Morgan fingerprint density at radius 3 is 2.50 bits per heavy atom. The summed E-state index contributed by atoms with van der Waals surface area (Å²) in [4.78, 5) is 2.00. The van der Waals surface area contributed by atoms with E-state index in [4.69, 9.17) is 19.6 Å². The van der Waals surface area contributed by atoms with Gasteiger partial charge in [0.2, 0.25) is 0 Å². The fourth-order valence-corrected chi connectivity index (χ4v) is 1.65. The maximum atomic E-state index is 7.94. The van der Waals surface area contributed by atoms with E-state index in [0.29, 0.717) is 38.9 Å². The van der Waals surface area contributed by atoms with Crippen molar-refractivity contribution in [3.05, 3.63) is 0 Å². The summed E-state index contributed by atoms with van der Waals surface area (Å²) in [6.07, 6.45) is -0.179. The molecule has 5 nitrogen and oxygen atoms in total. The van der Waals surface area contributed by atoms with Gasteiger partial charge in [0.15, 0.2) is 0 Å². The molecule has 1 N–H and O–H groups in total. The standard InChI is InChI=1S/C9H16N2O3/c10-9(8-7-13-5-6-14-8)11-1-3-12-4-2-11/h8,10H,1-7H2. The lowest BCUT2D eigenvalue weighted by Crippen LogP contribution is -2.49. The van der Waals surface area contributed by atoms with E-state index < -0.39 is 0 Å². The molecule has 0 aliphatic carbocycles. The van der Waals surface area contributed by atoms with Crippen molar-refractivity contribution in [2.24, 2.45) is 0 Å². The number of rotatable bonds is 1. The second-order valence-electron chi connectivity index (χ2n) is 3.42. The number of morpholine rings is 1. The van der Waals surface area contributed by atoms with Gasteiger partial charge < -0.3 is 19.1 Å². The van der Waals surface area contributed by atoms with Gasteiger partial charge in [-0.3, -0.25) is 5.41 Å². The normalized spacial score (nSPS) is 28.9. The zero-order valence-electron chi connectivity index (χ0n) is 8.20. The Bertz CT molecular complexity index is 178. The van der Waals surface area contributed by atoms with Gasteiger partial charge >= 0.3 is 0 Å². The average molecular weight is 200 g/mol. The van der Waals surface area contributed by atoms with E-state index in [2.05, 4.69) is 0 Å². The van der Waals surface area contributed by atoms with E-state index in [0.717, 1.165) is 13.1 Å². The second-order valence-corrected chi connectivity index (χ2v) is 3.42. The molecule has 2 aliphatic rings. The van der Waals surface area contributed by atoms with Crippen LogP contribution in [0.4, 0.5) is 0 Å². The highest BCUT2D eigenvalue weighted by Gasteiger charge is 2.25. The van der Waals surface area contributed by atoms with Gasteiger partial charge in [0, 0.05) is 13.1 Å². The third kappa shape index (κ3) is 2.23. The first-order chi connectivity index (χ1) is 6.88. The maximum Gasteiger partial charge on any atom is 0.138 e. The van der Waals surface area contributed by atoms with Crippen molar-refractivity contribution in [1.82, 2.24) is 4.90 Å². The van der Waals surface area contributed by atoms with E-state index in [1.165, 1.54) is 0 Å². The van der Waals surface area contributed by atoms with Crippen molar-refractivity contribution in [3.8, 4) is 0 Å². The minimum absolute atomic E-state index is 0.179. The molecule has 0 spiro atoms. The summed E-state index contributed by atoms with van der Waals surface area (Å²) in [6.45, 7) is 4.74. The van der Waals surface area contributed by atoms with Crippen LogP contribution in [0.1, 0.15) is 0 Å². The summed E-state index contributed by atoms with van der Waals surface area (Å²) in [7, 11) is 0. The highest BCUT2D eigenvalue weighted by molar-refractivity contribution is 5.84. The van der Waals surface area contributed by atoms with Crippen LogP contribution >= 0.6 is 0 Å². The predicted octanol–water partition coefficient (Wildman–Crippen LogP) is -0.289. The first-order valence-corrected chi connectivity index (χ1v) is 4.98. The van der Waals surface area contributed by atoms with Crippen molar-refractivity contribution in [2.45, 2.75) is 6.10 Å². The van der Waals surface area contributed by atoms with Crippen molar-refractivity contribution in [2.75, 3.05) is 46.1 Å². The minimum Gasteiger partial charge on any atom is -0.378 e. The molecule has 2 rings (SSSR count). The molecule has 0 saturated carbocycles. The molecule has 2 heterocycles. The number of hydrogen-bond acceptors (Lipinski definition) is 4. The zero-order valence-corrected chi connectivity index (χ0v) is 8.20. The summed E-state index contributed by atoms with van der Waals surface area (Å²) in [6, 6.07) is 0.